The van der Waals surface area contributed by atoms with Crippen LogP contribution in [0.15, 0.2) is 12.3 Å². The fraction of sp³-hybridized carbons (Fsp3) is 0.727. The van der Waals surface area contributed by atoms with Gasteiger partial charge in [-0.05, 0) is 31.7 Å². The number of rotatable bonds is 4. The molecule has 0 aliphatic carbocycles. The van der Waals surface area contributed by atoms with Crippen molar-refractivity contribution in [2.24, 2.45) is 5.92 Å². The molecule has 0 saturated carbocycles. The van der Waals surface area contributed by atoms with Crippen molar-refractivity contribution in [3.8, 4) is 0 Å². The van der Waals surface area contributed by atoms with Crippen molar-refractivity contribution >= 4 is 0 Å². The van der Waals surface area contributed by atoms with Crippen LogP contribution in [0.4, 0.5) is 0 Å². The highest BCUT2D eigenvalue weighted by Gasteiger charge is 2.05. The van der Waals surface area contributed by atoms with Gasteiger partial charge in [0.1, 0.15) is 0 Å². The molecule has 0 N–H and O–H groups in total. The lowest BCUT2D eigenvalue weighted by Crippen LogP contribution is -2.05. The lowest BCUT2D eigenvalue weighted by atomic mass is 10.1. The minimum Gasteiger partial charge on any atom is -0.270 e. The zero-order valence-electron chi connectivity index (χ0n) is 9.12. The van der Waals surface area contributed by atoms with Gasteiger partial charge in [0.05, 0.1) is 5.69 Å². The van der Waals surface area contributed by atoms with E-state index in [-0.39, 0.29) is 0 Å². The van der Waals surface area contributed by atoms with Crippen molar-refractivity contribution in [3.05, 3.63) is 18.0 Å². The standard InChI is InChI=1S/C11H20N2/c1-5-10(4)13-7-6-11(12-13)8-9(2)3/h6-7,9-10H,5,8H2,1-4H3. The van der Waals surface area contributed by atoms with Crippen molar-refractivity contribution in [3.63, 3.8) is 0 Å². The zero-order chi connectivity index (χ0) is 9.84. The monoisotopic (exact) mass is 180 g/mol. The van der Waals surface area contributed by atoms with Gasteiger partial charge in [0.25, 0.3) is 0 Å². The van der Waals surface area contributed by atoms with Gasteiger partial charge in [0.15, 0.2) is 0 Å². The normalized spacial score (nSPS) is 13.6. The second-order valence-electron chi connectivity index (χ2n) is 4.14. The molecule has 1 unspecified atom stereocenters. The Hall–Kier alpha value is -0.790. The molecule has 1 aromatic heterocycles. The molecule has 2 heteroatoms. The fourth-order valence-electron chi connectivity index (χ4n) is 1.34. The van der Waals surface area contributed by atoms with Crippen molar-refractivity contribution in [2.45, 2.75) is 46.6 Å². The molecular weight excluding hydrogens is 160 g/mol. The maximum Gasteiger partial charge on any atom is 0.0627 e. The van der Waals surface area contributed by atoms with Crippen LogP contribution in [0.25, 0.3) is 0 Å². The van der Waals surface area contributed by atoms with E-state index in [1.54, 1.807) is 0 Å². The maximum atomic E-state index is 4.54. The molecule has 1 rings (SSSR count). The highest BCUT2D eigenvalue weighted by atomic mass is 15.3. The van der Waals surface area contributed by atoms with Crippen LogP contribution < -0.4 is 0 Å². The van der Waals surface area contributed by atoms with E-state index >= 15 is 0 Å². The second kappa shape index (κ2) is 4.45. The van der Waals surface area contributed by atoms with Crippen LogP contribution in [-0.4, -0.2) is 9.78 Å². The highest BCUT2D eigenvalue weighted by molar-refractivity contribution is 5.00. The molecule has 0 bridgehead atoms. The van der Waals surface area contributed by atoms with Crippen LogP contribution in [0, 0.1) is 5.92 Å². The van der Waals surface area contributed by atoms with Crippen LogP contribution >= 0.6 is 0 Å². The molecule has 0 aromatic carbocycles. The summed E-state index contributed by atoms with van der Waals surface area (Å²) in [5.41, 5.74) is 1.22. The first kappa shape index (κ1) is 10.3. The van der Waals surface area contributed by atoms with Crippen LogP contribution in [0.3, 0.4) is 0 Å². The summed E-state index contributed by atoms with van der Waals surface area (Å²) < 4.78 is 2.07. The molecule has 0 spiro atoms. The Morgan fingerprint density at radius 2 is 2.08 bits per heavy atom. The molecule has 0 aliphatic rings. The summed E-state index contributed by atoms with van der Waals surface area (Å²) in [7, 11) is 0. The van der Waals surface area contributed by atoms with E-state index in [2.05, 4.69) is 49.7 Å². The maximum absolute atomic E-state index is 4.54. The summed E-state index contributed by atoms with van der Waals surface area (Å²) in [6, 6.07) is 2.66. The summed E-state index contributed by atoms with van der Waals surface area (Å²) in [6.45, 7) is 8.84. The van der Waals surface area contributed by atoms with Crippen LogP contribution in [0.2, 0.25) is 0 Å². The van der Waals surface area contributed by atoms with E-state index in [1.165, 1.54) is 5.69 Å². The predicted octanol–water partition coefficient (Wildman–Crippen LogP) is 3.05. The Kier molecular flexibility index (Phi) is 3.52. The van der Waals surface area contributed by atoms with Crippen LogP contribution in [-0.2, 0) is 6.42 Å². The van der Waals surface area contributed by atoms with Gasteiger partial charge in [-0.25, -0.2) is 0 Å². The summed E-state index contributed by atoms with van der Waals surface area (Å²) >= 11 is 0. The summed E-state index contributed by atoms with van der Waals surface area (Å²) in [4.78, 5) is 0. The van der Waals surface area contributed by atoms with Crippen molar-refractivity contribution in [1.29, 1.82) is 0 Å². The van der Waals surface area contributed by atoms with Gasteiger partial charge < -0.3 is 0 Å². The van der Waals surface area contributed by atoms with Crippen molar-refractivity contribution < 1.29 is 0 Å². The van der Waals surface area contributed by atoms with Crippen molar-refractivity contribution in [2.75, 3.05) is 0 Å². The third-order valence-corrected chi connectivity index (χ3v) is 2.32. The lowest BCUT2D eigenvalue weighted by molar-refractivity contribution is 0.470. The van der Waals surface area contributed by atoms with Gasteiger partial charge in [0, 0.05) is 12.2 Å². The highest BCUT2D eigenvalue weighted by Crippen LogP contribution is 2.11. The van der Waals surface area contributed by atoms with Gasteiger partial charge in [-0.15, -0.1) is 0 Å². The predicted molar refractivity (Wildman–Crippen MR) is 55.8 cm³/mol. The Balaban J connectivity index is 2.63. The Bertz CT molecular complexity index is 250. The molecule has 2 nitrogen and oxygen atoms in total. The largest absolute Gasteiger partial charge is 0.270 e. The first-order chi connectivity index (χ1) is 6.13. The molecule has 74 valence electrons. The molecule has 13 heavy (non-hydrogen) atoms. The minimum absolute atomic E-state index is 0.529. The van der Waals surface area contributed by atoms with Crippen molar-refractivity contribution in [1.82, 2.24) is 9.78 Å². The molecule has 0 amide bonds. The average molecular weight is 180 g/mol. The van der Waals surface area contributed by atoms with E-state index in [9.17, 15) is 0 Å². The molecule has 1 aromatic rings. The van der Waals surface area contributed by atoms with Gasteiger partial charge in [-0.3, -0.25) is 4.68 Å². The Labute approximate surface area is 81.0 Å². The van der Waals surface area contributed by atoms with Crippen LogP contribution in [0.5, 0.6) is 0 Å². The average Bonchev–Trinajstić information content (AvgIpc) is 2.50. The summed E-state index contributed by atoms with van der Waals surface area (Å²) in [5, 5.41) is 4.54. The second-order valence-corrected chi connectivity index (χ2v) is 4.14. The molecule has 1 atom stereocenters. The molecular formula is C11H20N2. The topological polar surface area (TPSA) is 17.8 Å². The van der Waals surface area contributed by atoms with Gasteiger partial charge in [-0.2, -0.15) is 5.10 Å². The first-order valence-electron chi connectivity index (χ1n) is 5.17. The van der Waals surface area contributed by atoms with Crippen LogP contribution in [0.1, 0.15) is 45.9 Å². The summed E-state index contributed by atoms with van der Waals surface area (Å²) in [5.74, 6) is 0.695. The molecule has 1 heterocycles. The van der Waals surface area contributed by atoms with Gasteiger partial charge in [-0.1, -0.05) is 20.8 Å². The third kappa shape index (κ3) is 2.87. The summed E-state index contributed by atoms with van der Waals surface area (Å²) in [6.07, 6.45) is 4.32. The lowest BCUT2D eigenvalue weighted by Gasteiger charge is -2.08. The number of hydrogen-bond donors (Lipinski definition) is 0. The molecule has 0 saturated heterocycles. The molecule has 0 aliphatic heterocycles. The van der Waals surface area contributed by atoms with E-state index in [4.69, 9.17) is 0 Å². The smallest absolute Gasteiger partial charge is 0.0627 e. The third-order valence-electron chi connectivity index (χ3n) is 2.32. The number of nitrogens with zero attached hydrogens (tertiary/aromatic N) is 2. The molecule has 0 fully saturated rings. The Morgan fingerprint density at radius 3 is 2.62 bits per heavy atom. The van der Waals surface area contributed by atoms with Gasteiger partial charge >= 0.3 is 0 Å². The first-order valence-corrected chi connectivity index (χ1v) is 5.17. The zero-order valence-corrected chi connectivity index (χ0v) is 9.12. The van der Waals surface area contributed by atoms with E-state index in [0.717, 1.165) is 12.8 Å². The number of aromatic nitrogens is 2. The molecule has 0 radical (unpaired) electrons. The fourth-order valence-corrected chi connectivity index (χ4v) is 1.34. The number of hydrogen-bond acceptors (Lipinski definition) is 1. The SMILES string of the molecule is CCC(C)n1ccc(CC(C)C)n1. The van der Waals surface area contributed by atoms with Gasteiger partial charge in [0.2, 0.25) is 0 Å². The minimum atomic E-state index is 0.529. The van der Waals surface area contributed by atoms with E-state index in [0.29, 0.717) is 12.0 Å². The van der Waals surface area contributed by atoms with E-state index in [1.807, 2.05) is 0 Å². The van der Waals surface area contributed by atoms with E-state index < -0.39 is 0 Å². The Morgan fingerprint density at radius 1 is 1.38 bits per heavy atom. The quantitative estimate of drug-likeness (QED) is 0.696.